The Morgan fingerprint density at radius 2 is 1.91 bits per heavy atom. The highest BCUT2D eigenvalue weighted by atomic mass is 32.2. The quantitative estimate of drug-likeness (QED) is 0.694. The van der Waals surface area contributed by atoms with Crippen LogP contribution in [0.2, 0.25) is 0 Å². The van der Waals surface area contributed by atoms with Crippen LogP contribution in [0.15, 0.2) is 57.2 Å². The van der Waals surface area contributed by atoms with Gasteiger partial charge in [0, 0.05) is 15.5 Å². The zero-order valence-corrected chi connectivity index (χ0v) is 13.2. The lowest BCUT2D eigenvalue weighted by Crippen LogP contribution is -2.11. The predicted molar refractivity (Wildman–Crippen MR) is 92.7 cm³/mol. The smallest absolute Gasteiger partial charge is 0.123 e. The zero-order valence-electron chi connectivity index (χ0n) is 12.4. The number of hydrogen-bond donors (Lipinski definition) is 2. The average Bonchev–Trinajstić information content (AvgIpc) is 2.55. The molecule has 0 bridgehead atoms. The second kappa shape index (κ2) is 7.75. The third kappa shape index (κ3) is 4.43. The number of aliphatic imine (C=N–C) groups is 1. The Kier molecular flexibility index (Phi) is 5.72. The first-order valence-corrected chi connectivity index (χ1v) is 7.78. The van der Waals surface area contributed by atoms with Gasteiger partial charge in [-0.2, -0.15) is 0 Å². The van der Waals surface area contributed by atoms with Crippen LogP contribution >= 0.6 is 11.8 Å². The van der Waals surface area contributed by atoms with Crippen LogP contribution in [0, 0.1) is 11.2 Å². The van der Waals surface area contributed by atoms with Crippen molar-refractivity contribution in [1.82, 2.24) is 0 Å². The molecule has 0 saturated carbocycles. The van der Waals surface area contributed by atoms with Crippen LogP contribution < -0.4 is 5.32 Å². The van der Waals surface area contributed by atoms with Crippen LogP contribution in [0.5, 0.6) is 0 Å². The summed E-state index contributed by atoms with van der Waals surface area (Å²) in [6, 6.07) is 12.2. The van der Waals surface area contributed by atoms with Crippen molar-refractivity contribution in [1.29, 1.82) is 5.41 Å². The number of nitrogens with zero attached hydrogens (tertiary/aromatic N) is 1. The fraction of sp³-hybridized carbons (Fsp3) is 0.176. The van der Waals surface area contributed by atoms with Gasteiger partial charge < -0.3 is 10.7 Å². The van der Waals surface area contributed by atoms with E-state index in [1.807, 2.05) is 25.1 Å². The van der Waals surface area contributed by atoms with E-state index in [2.05, 4.69) is 17.0 Å². The molecule has 0 saturated heterocycles. The molecule has 2 aromatic rings. The molecule has 0 amide bonds. The molecule has 0 aliphatic rings. The summed E-state index contributed by atoms with van der Waals surface area (Å²) in [4.78, 5) is 6.00. The topological polar surface area (TPSA) is 48.2 Å². The van der Waals surface area contributed by atoms with Gasteiger partial charge in [-0.25, -0.2) is 4.39 Å². The molecule has 0 aliphatic carbocycles. The van der Waals surface area contributed by atoms with Crippen LogP contribution in [0.4, 0.5) is 15.8 Å². The molecule has 0 fully saturated rings. The molecule has 0 unspecified atom stereocenters. The summed E-state index contributed by atoms with van der Waals surface area (Å²) in [6.45, 7) is 6.06. The minimum Gasteiger partial charge on any atom is -0.378 e. The van der Waals surface area contributed by atoms with E-state index in [-0.39, 0.29) is 5.82 Å². The zero-order chi connectivity index (χ0) is 15.9. The number of halogens is 1. The molecule has 2 aromatic carbocycles. The third-order valence-corrected chi connectivity index (χ3v) is 4.11. The standard InChI is InChI=1S/C17H18FN3S/c1-3-13(19)11-21-16-9-8-15(10-17(16)20-2)22-14-6-4-12(18)5-7-14/h4-10,19,21H,2-3,11H2,1H3. The molecule has 5 heteroatoms. The lowest BCUT2D eigenvalue weighted by Gasteiger charge is -2.11. The Morgan fingerprint density at radius 3 is 2.55 bits per heavy atom. The van der Waals surface area contributed by atoms with Crippen LogP contribution in [0.3, 0.4) is 0 Å². The van der Waals surface area contributed by atoms with Gasteiger partial charge in [0.25, 0.3) is 0 Å². The Bertz CT molecular complexity index is 668. The maximum Gasteiger partial charge on any atom is 0.123 e. The molecule has 3 nitrogen and oxygen atoms in total. The number of benzene rings is 2. The highest BCUT2D eigenvalue weighted by Crippen LogP contribution is 2.34. The molecule has 0 atom stereocenters. The van der Waals surface area contributed by atoms with Crippen molar-refractivity contribution in [3.8, 4) is 0 Å². The monoisotopic (exact) mass is 315 g/mol. The fourth-order valence-electron chi connectivity index (χ4n) is 1.82. The molecule has 0 aliphatic heterocycles. The largest absolute Gasteiger partial charge is 0.378 e. The van der Waals surface area contributed by atoms with E-state index in [4.69, 9.17) is 5.41 Å². The van der Waals surface area contributed by atoms with Crippen molar-refractivity contribution in [3.05, 3.63) is 48.3 Å². The first kappa shape index (κ1) is 16.2. The fourth-order valence-corrected chi connectivity index (χ4v) is 2.67. The van der Waals surface area contributed by atoms with Crippen molar-refractivity contribution in [3.63, 3.8) is 0 Å². The van der Waals surface area contributed by atoms with E-state index < -0.39 is 0 Å². The highest BCUT2D eigenvalue weighted by Gasteiger charge is 2.05. The molecule has 0 radical (unpaired) electrons. The van der Waals surface area contributed by atoms with Gasteiger partial charge in [0.05, 0.1) is 17.9 Å². The van der Waals surface area contributed by atoms with Crippen molar-refractivity contribution >= 4 is 35.6 Å². The maximum absolute atomic E-state index is 12.9. The van der Waals surface area contributed by atoms with E-state index >= 15 is 0 Å². The summed E-state index contributed by atoms with van der Waals surface area (Å²) >= 11 is 1.54. The number of hydrogen-bond acceptors (Lipinski definition) is 4. The minimum atomic E-state index is -0.240. The predicted octanol–water partition coefficient (Wildman–Crippen LogP) is 5.15. The SMILES string of the molecule is C=Nc1cc(Sc2ccc(F)cc2)ccc1NCC(=N)CC. The number of anilines is 1. The third-order valence-electron chi connectivity index (χ3n) is 3.11. The lowest BCUT2D eigenvalue weighted by molar-refractivity contribution is 0.626. The van der Waals surface area contributed by atoms with Crippen LogP contribution in [0.25, 0.3) is 0 Å². The highest BCUT2D eigenvalue weighted by molar-refractivity contribution is 7.99. The first-order valence-electron chi connectivity index (χ1n) is 6.96. The first-order chi connectivity index (χ1) is 10.6. The molecule has 22 heavy (non-hydrogen) atoms. The van der Waals surface area contributed by atoms with E-state index in [0.717, 1.165) is 27.6 Å². The molecule has 0 spiro atoms. The van der Waals surface area contributed by atoms with Gasteiger partial charge in [-0.3, -0.25) is 4.99 Å². The Labute approximate surface area is 134 Å². The molecular formula is C17H18FN3S. The molecule has 2 rings (SSSR count). The summed E-state index contributed by atoms with van der Waals surface area (Å²) in [5, 5.41) is 10.9. The van der Waals surface area contributed by atoms with E-state index in [9.17, 15) is 4.39 Å². The van der Waals surface area contributed by atoms with E-state index in [1.54, 1.807) is 12.1 Å². The summed E-state index contributed by atoms with van der Waals surface area (Å²) in [5.74, 6) is -0.240. The summed E-state index contributed by atoms with van der Waals surface area (Å²) in [7, 11) is 0. The van der Waals surface area contributed by atoms with E-state index in [1.165, 1.54) is 23.9 Å². The Hall–Kier alpha value is -2.14. The Balaban J connectivity index is 2.12. The van der Waals surface area contributed by atoms with E-state index in [0.29, 0.717) is 12.3 Å². The molecular weight excluding hydrogens is 297 g/mol. The van der Waals surface area contributed by atoms with Crippen LogP contribution in [-0.4, -0.2) is 19.0 Å². The van der Waals surface area contributed by atoms with Crippen LogP contribution in [-0.2, 0) is 0 Å². The normalized spacial score (nSPS) is 10.3. The average molecular weight is 315 g/mol. The second-order valence-electron chi connectivity index (χ2n) is 4.70. The van der Waals surface area contributed by atoms with Gasteiger partial charge in [-0.15, -0.1) is 0 Å². The van der Waals surface area contributed by atoms with Crippen molar-refractivity contribution in [2.45, 2.75) is 23.1 Å². The van der Waals surface area contributed by atoms with Crippen molar-refractivity contribution in [2.75, 3.05) is 11.9 Å². The van der Waals surface area contributed by atoms with Gasteiger partial charge in [-0.1, -0.05) is 18.7 Å². The number of rotatable bonds is 7. The second-order valence-corrected chi connectivity index (χ2v) is 5.85. The van der Waals surface area contributed by atoms with Gasteiger partial charge in [0.1, 0.15) is 5.82 Å². The van der Waals surface area contributed by atoms with Crippen LogP contribution in [0.1, 0.15) is 13.3 Å². The van der Waals surface area contributed by atoms with Crippen molar-refractivity contribution in [2.24, 2.45) is 4.99 Å². The Morgan fingerprint density at radius 1 is 1.23 bits per heavy atom. The lowest BCUT2D eigenvalue weighted by atomic mass is 10.2. The van der Waals surface area contributed by atoms with Crippen molar-refractivity contribution < 1.29 is 4.39 Å². The maximum atomic E-state index is 12.9. The van der Waals surface area contributed by atoms with Gasteiger partial charge in [0.15, 0.2) is 0 Å². The molecule has 0 heterocycles. The van der Waals surface area contributed by atoms with Gasteiger partial charge >= 0.3 is 0 Å². The van der Waals surface area contributed by atoms with Gasteiger partial charge in [-0.05, 0) is 55.6 Å². The molecule has 114 valence electrons. The molecule has 2 N–H and O–H groups in total. The minimum absolute atomic E-state index is 0.240. The number of nitrogens with one attached hydrogen (secondary N) is 2. The summed E-state index contributed by atoms with van der Waals surface area (Å²) in [5.41, 5.74) is 2.24. The molecule has 0 aromatic heterocycles. The van der Waals surface area contributed by atoms with Gasteiger partial charge in [0.2, 0.25) is 0 Å². The summed E-state index contributed by atoms with van der Waals surface area (Å²) < 4.78 is 12.9. The summed E-state index contributed by atoms with van der Waals surface area (Å²) in [6.07, 6.45) is 0.725.